The molecule has 122 valence electrons. The first kappa shape index (κ1) is 15.6. The molecule has 0 radical (unpaired) electrons. The minimum atomic E-state index is -0.758. The zero-order valence-electron chi connectivity index (χ0n) is 12.7. The average Bonchev–Trinajstić information content (AvgIpc) is 3.10. The maximum Gasteiger partial charge on any atom is 0.342 e. The molecule has 0 aliphatic rings. The van der Waals surface area contributed by atoms with Gasteiger partial charge in [-0.25, -0.2) is 4.79 Å². The Hall–Kier alpha value is -3.28. The van der Waals surface area contributed by atoms with E-state index in [1.807, 2.05) is 24.3 Å². The SMILES string of the molecule is O=C(COC(=O)c1cc2ccccc2cc1O)NCc1ccco1. The molecule has 3 aromatic rings. The Kier molecular flexibility index (Phi) is 4.47. The second-order valence-corrected chi connectivity index (χ2v) is 5.15. The fourth-order valence-electron chi connectivity index (χ4n) is 2.25. The normalized spacial score (nSPS) is 10.5. The lowest BCUT2D eigenvalue weighted by molar-refractivity contribution is -0.124. The van der Waals surface area contributed by atoms with Crippen LogP contribution in [-0.2, 0) is 16.1 Å². The van der Waals surface area contributed by atoms with Crippen LogP contribution in [0.1, 0.15) is 16.1 Å². The number of phenols is 1. The molecular weight excluding hydrogens is 310 g/mol. The first-order chi connectivity index (χ1) is 11.6. The Morgan fingerprint density at radius 2 is 1.83 bits per heavy atom. The van der Waals surface area contributed by atoms with Crippen LogP contribution >= 0.6 is 0 Å². The number of hydrogen-bond donors (Lipinski definition) is 2. The molecular formula is C18H15NO5. The Labute approximate surface area is 137 Å². The summed E-state index contributed by atoms with van der Waals surface area (Å²) < 4.78 is 10.0. The molecule has 0 fully saturated rings. The van der Waals surface area contributed by atoms with Gasteiger partial charge in [0.1, 0.15) is 17.1 Å². The number of carbonyl (C=O) groups is 2. The van der Waals surface area contributed by atoms with Crippen LogP contribution in [0.2, 0.25) is 0 Å². The largest absolute Gasteiger partial charge is 0.507 e. The van der Waals surface area contributed by atoms with Gasteiger partial charge in [-0.15, -0.1) is 0 Å². The van der Waals surface area contributed by atoms with Crippen molar-refractivity contribution in [3.8, 4) is 5.75 Å². The van der Waals surface area contributed by atoms with Crippen LogP contribution in [-0.4, -0.2) is 23.6 Å². The predicted molar refractivity (Wildman–Crippen MR) is 86.5 cm³/mol. The van der Waals surface area contributed by atoms with E-state index in [0.717, 1.165) is 10.8 Å². The lowest BCUT2D eigenvalue weighted by Crippen LogP contribution is -2.28. The molecule has 3 rings (SSSR count). The highest BCUT2D eigenvalue weighted by Gasteiger charge is 2.15. The number of phenolic OH excluding ortho intramolecular Hbond substituents is 1. The van der Waals surface area contributed by atoms with Gasteiger partial charge in [0.25, 0.3) is 5.91 Å². The van der Waals surface area contributed by atoms with E-state index in [2.05, 4.69) is 5.32 Å². The minimum absolute atomic E-state index is 0.0209. The molecule has 1 aromatic heterocycles. The van der Waals surface area contributed by atoms with Gasteiger partial charge in [0.2, 0.25) is 0 Å². The average molecular weight is 325 g/mol. The molecule has 0 unspecified atom stereocenters. The molecule has 0 saturated carbocycles. The molecule has 0 atom stereocenters. The second-order valence-electron chi connectivity index (χ2n) is 5.15. The Morgan fingerprint density at radius 3 is 2.54 bits per heavy atom. The predicted octanol–water partition coefficient (Wildman–Crippen LogP) is 2.61. The van der Waals surface area contributed by atoms with Crippen LogP contribution in [0.3, 0.4) is 0 Å². The van der Waals surface area contributed by atoms with Crippen molar-refractivity contribution in [2.24, 2.45) is 0 Å². The quantitative estimate of drug-likeness (QED) is 0.704. The van der Waals surface area contributed by atoms with Gasteiger partial charge < -0.3 is 19.6 Å². The van der Waals surface area contributed by atoms with Crippen molar-refractivity contribution in [1.29, 1.82) is 0 Å². The van der Waals surface area contributed by atoms with Gasteiger partial charge >= 0.3 is 5.97 Å². The summed E-state index contributed by atoms with van der Waals surface area (Å²) in [7, 11) is 0. The summed E-state index contributed by atoms with van der Waals surface area (Å²) in [5.74, 6) is -0.803. The summed E-state index contributed by atoms with van der Waals surface area (Å²) in [4.78, 5) is 23.7. The summed E-state index contributed by atoms with van der Waals surface area (Å²) in [5.41, 5.74) is 0.0209. The van der Waals surface area contributed by atoms with Crippen LogP contribution in [0.25, 0.3) is 10.8 Å². The molecule has 0 aliphatic heterocycles. The number of nitrogens with one attached hydrogen (secondary N) is 1. The van der Waals surface area contributed by atoms with E-state index < -0.39 is 18.5 Å². The summed E-state index contributed by atoms with van der Waals surface area (Å²) in [6.07, 6.45) is 1.50. The van der Waals surface area contributed by atoms with E-state index in [0.29, 0.717) is 5.76 Å². The highest BCUT2D eigenvalue weighted by atomic mass is 16.5. The van der Waals surface area contributed by atoms with Crippen molar-refractivity contribution < 1.29 is 23.8 Å². The topological polar surface area (TPSA) is 88.8 Å². The third-order valence-electron chi connectivity index (χ3n) is 3.46. The number of esters is 1. The maximum absolute atomic E-state index is 12.1. The molecule has 0 bridgehead atoms. The highest BCUT2D eigenvalue weighted by molar-refractivity contribution is 5.99. The molecule has 24 heavy (non-hydrogen) atoms. The molecule has 2 N–H and O–H groups in total. The number of aromatic hydroxyl groups is 1. The van der Waals surface area contributed by atoms with Gasteiger partial charge in [-0.2, -0.15) is 0 Å². The van der Waals surface area contributed by atoms with E-state index in [1.54, 1.807) is 12.1 Å². The molecule has 1 heterocycles. The smallest absolute Gasteiger partial charge is 0.342 e. The molecule has 2 aromatic carbocycles. The van der Waals surface area contributed by atoms with Crippen molar-refractivity contribution >= 4 is 22.6 Å². The number of furan rings is 1. The zero-order chi connectivity index (χ0) is 16.9. The summed E-state index contributed by atoms with van der Waals surface area (Å²) in [5, 5.41) is 14.1. The maximum atomic E-state index is 12.1. The second kappa shape index (κ2) is 6.87. The lowest BCUT2D eigenvalue weighted by Gasteiger charge is -2.08. The first-order valence-electron chi connectivity index (χ1n) is 7.31. The van der Waals surface area contributed by atoms with E-state index in [9.17, 15) is 14.7 Å². The van der Waals surface area contributed by atoms with Gasteiger partial charge in [-0.3, -0.25) is 4.79 Å². The van der Waals surface area contributed by atoms with Gasteiger partial charge in [0.05, 0.1) is 12.8 Å². The monoisotopic (exact) mass is 325 g/mol. The van der Waals surface area contributed by atoms with Crippen LogP contribution in [0, 0.1) is 0 Å². The van der Waals surface area contributed by atoms with Crippen molar-refractivity contribution in [3.63, 3.8) is 0 Å². The number of amides is 1. The number of ether oxygens (including phenoxy) is 1. The lowest BCUT2D eigenvalue weighted by atomic mass is 10.1. The van der Waals surface area contributed by atoms with Crippen molar-refractivity contribution in [1.82, 2.24) is 5.32 Å². The standard InChI is InChI=1S/C18H15NO5/c20-16-9-13-5-2-1-4-12(13)8-15(16)18(22)24-11-17(21)19-10-14-6-3-7-23-14/h1-9,20H,10-11H2,(H,19,21). The number of rotatable bonds is 5. The molecule has 6 heteroatoms. The number of carbonyl (C=O) groups excluding carboxylic acids is 2. The van der Waals surface area contributed by atoms with Gasteiger partial charge in [-0.1, -0.05) is 24.3 Å². The molecule has 0 saturated heterocycles. The fourth-order valence-corrected chi connectivity index (χ4v) is 2.25. The fraction of sp³-hybridized carbons (Fsp3) is 0.111. The number of hydrogen-bond acceptors (Lipinski definition) is 5. The van der Waals surface area contributed by atoms with E-state index in [4.69, 9.17) is 9.15 Å². The van der Waals surface area contributed by atoms with E-state index >= 15 is 0 Å². The Balaban J connectivity index is 1.60. The number of benzene rings is 2. The molecule has 6 nitrogen and oxygen atoms in total. The summed E-state index contributed by atoms with van der Waals surface area (Å²) in [6, 6.07) is 13.8. The van der Waals surface area contributed by atoms with E-state index in [-0.39, 0.29) is 17.9 Å². The van der Waals surface area contributed by atoms with Crippen LogP contribution < -0.4 is 5.32 Å². The Morgan fingerprint density at radius 1 is 1.08 bits per heavy atom. The van der Waals surface area contributed by atoms with Crippen molar-refractivity contribution in [2.75, 3.05) is 6.61 Å². The number of fused-ring (bicyclic) bond motifs is 1. The summed E-state index contributed by atoms with van der Waals surface area (Å²) in [6.45, 7) is -0.226. The molecule has 0 spiro atoms. The third kappa shape index (κ3) is 3.55. The van der Waals surface area contributed by atoms with Gasteiger partial charge in [-0.05, 0) is 35.0 Å². The van der Waals surface area contributed by atoms with Crippen LogP contribution in [0.15, 0.2) is 59.2 Å². The van der Waals surface area contributed by atoms with Crippen LogP contribution in [0.4, 0.5) is 0 Å². The van der Waals surface area contributed by atoms with Crippen molar-refractivity contribution in [2.45, 2.75) is 6.54 Å². The third-order valence-corrected chi connectivity index (χ3v) is 3.46. The zero-order valence-corrected chi connectivity index (χ0v) is 12.7. The first-order valence-corrected chi connectivity index (χ1v) is 7.31. The molecule has 0 aliphatic carbocycles. The van der Waals surface area contributed by atoms with Crippen LogP contribution in [0.5, 0.6) is 5.75 Å². The van der Waals surface area contributed by atoms with E-state index in [1.165, 1.54) is 18.4 Å². The molecule has 1 amide bonds. The van der Waals surface area contributed by atoms with Crippen molar-refractivity contribution in [3.05, 3.63) is 66.1 Å². The highest BCUT2D eigenvalue weighted by Crippen LogP contribution is 2.25. The minimum Gasteiger partial charge on any atom is -0.507 e. The Bertz CT molecular complexity index is 870. The van der Waals surface area contributed by atoms with Gasteiger partial charge in [0, 0.05) is 0 Å². The summed E-state index contributed by atoms with van der Waals surface area (Å²) >= 11 is 0. The van der Waals surface area contributed by atoms with Gasteiger partial charge in [0.15, 0.2) is 6.61 Å².